The van der Waals surface area contributed by atoms with Gasteiger partial charge < -0.3 is 10.1 Å². The predicted octanol–water partition coefficient (Wildman–Crippen LogP) is 4.22. The molecule has 9 heteroatoms. The van der Waals surface area contributed by atoms with Crippen LogP contribution >= 0.6 is 11.6 Å². The van der Waals surface area contributed by atoms with Crippen molar-refractivity contribution in [2.24, 2.45) is 0 Å². The molecule has 6 nitrogen and oxygen atoms in total. The van der Waals surface area contributed by atoms with Crippen LogP contribution in [0.2, 0.25) is 5.02 Å². The average molecular weight is 449 g/mol. The van der Waals surface area contributed by atoms with Gasteiger partial charge in [0.15, 0.2) is 0 Å². The Morgan fingerprint density at radius 2 is 1.77 bits per heavy atom. The topological polar surface area (TPSA) is 84.5 Å². The van der Waals surface area contributed by atoms with Crippen molar-refractivity contribution in [1.82, 2.24) is 4.72 Å². The van der Waals surface area contributed by atoms with Crippen LogP contribution in [0.1, 0.15) is 15.9 Å². The van der Waals surface area contributed by atoms with Crippen molar-refractivity contribution in [2.75, 3.05) is 12.4 Å². The first-order chi connectivity index (χ1) is 14.3. The number of carbonyl (C=O) groups excluding carboxylic acids is 1. The smallest absolute Gasteiger partial charge is 0.255 e. The Morgan fingerprint density at radius 3 is 2.43 bits per heavy atom. The van der Waals surface area contributed by atoms with Crippen molar-refractivity contribution in [3.8, 4) is 5.75 Å². The number of amides is 1. The van der Waals surface area contributed by atoms with Gasteiger partial charge in [-0.05, 0) is 48.0 Å². The molecular weight excluding hydrogens is 431 g/mol. The molecular formula is C21H18ClFN2O4S. The van der Waals surface area contributed by atoms with Gasteiger partial charge in [-0.1, -0.05) is 35.9 Å². The van der Waals surface area contributed by atoms with E-state index in [0.29, 0.717) is 10.6 Å². The largest absolute Gasteiger partial charge is 0.495 e. The number of nitrogens with one attached hydrogen (secondary N) is 2. The highest BCUT2D eigenvalue weighted by molar-refractivity contribution is 7.89. The van der Waals surface area contributed by atoms with Gasteiger partial charge in [-0.25, -0.2) is 17.5 Å². The number of hydrogen-bond acceptors (Lipinski definition) is 4. The van der Waals surface area contributed by atoms with Gasteiger partial charge in [0.2, 0.25) is 10.0 Å². The maximum absolute atomic E-state index is 13.8. The Morgan fingerprint density at radius 1 is 1.07 bits per heavy atom. The van der Waals surface area contributed by atoms with Crippen LogP contribution in [-0.4, -0.2) is 21.4 Å². The second-order valence-corrected chi connectivity index (χ2v) is 8.42. The van der Waals surface area contributed by atoms with Crippen molar-refractivity contribution < 1.29 is 22.3 Å². The van der Waals surface area contributed by atoms with E-state index in [-0.39, 0.29) is 28.4 Å². The Balaban J connectivity index is 1.85. The van der Waals surface area contributed by atoms with Gasteiger partial charge in [-0.15, -0.1) is 0 Å². The lowest BCUT2D eigenvalue weighted by atomic mass is 10.2. The van der Waals surface area contributed by atoms with E-state index in [2.05, 4.69) is 10.0 Å². The predicted molar refractivity (Wildman–Crippen MR) is 113 cm³/mol. The highest BCUT2D eigenvalue weighted by Gasteiger charge is 2.22. The lowest BCUT2D eigenvalue weighted by Gasteiger charge is -2.13. The average Bonchev–Trinajstić information content (AvgIpc) is 2.74. The minimum absolute atomic E-state index is 0.0106. The van der Waals surface area contributed by atoms with Gasteiger partial charge in [0.25, 0.3) is 5.91 Å². The van der Waals surface area contributed by atoms with Crippen LogP contribution in [0, 0.1) is 5.82 Å². The zero-order valence-corrected chi connectivity index (χ0v) is 17.4. The van der Waals surface area contributed by atoms with Gasteiger partial charge in [0.1, 0.15) is 16.5 Å². The molecule has 0 fully saturated rings. The zero-order chi connectivity index (χ0) is 21.7. The van der Waals surface area contributed by atoms with Gasteiger partial charge in [-0.2, -0.15) is 0 Å². The Hall–Kier alpha value is -2.94. The fourth-order valence-corrected chi connectivity index (χ4v) is 3.98. The zero-order valence-electron chi connectivity index (χ0n) is 15.9. The summed E-state index contributed by atoms with van der Waals surface area (Å²) in [6.07, 6.45) is 0. The minimum atomic E-state index is -4.01. The normalized spacial score (nSPS) is 11.2. The first-order valence-electron chi connectivity index (χ1n) is 8.78. The Kier molecular flexibility index (Phi) is 6.71. The molecule has 3 rings (SSSR count). The van der Waals surface area contributed by atoms with E-state index in [1.807, 2.05) is 0 Å². The van der Waals surface area contributed by atoms with Crippen LogP contribution in [0.5, 0.6) is 5.75 Å². The van der Waals surface area contributed by atoms with Crippen molar-refractivity contribution in [3.05, 3.63) is 88.7 Å². The van der Waals surface area contributed by atoms with Gasteiger partial charge in [0, 0.05) is 17.1 Å². The van der Waals surface area contributed by atoms with Crippen molar-refractivity contribution in [1.29, 1.82) is 0 Å². The summed E-state index contributed by atoms with van der Waals surface area (Å²) in [5.41, 5.74) is 0.727. The number of halogens is 2. The summed E-state index contributed by atoms with van der Waals surface area (Å²) in [6, 6.07) is 16.3. The van der Waals surface area contributed by atoms with E-state index in [1.165, 1.54) is 43.5 Å². The number of ether oxygens (including phenoxy) is 1. The molecule has 0 saturated heterocycles. The van der Waals surface area contributed by atoms with Crippen LogP contribution in [0.4, 0.5) is 10.1 Å². The molecule has 0 aliphatic heterocycles. The number of methoxy groups -OCH3 is 1. The van der Waals surface area contributed by atoms with Crippen molar-refractivity contribution in [2.45, 2.75) is 11.4 Å². The van der Waals surface area contributed by atoms with Gasteiger partial charge in [-0.3, -0.25) is 4.79 Å². The third kappa shape index (κ3) is 5.15. The molecule has 156 valence electrons. The quantitative estimate of drug-likeness (QED) is 0.566. The monoisotopic (exact) mass is 448 g/mol. The fraction of sp³-hybridized carbons (Fsp3) is 0.0952. The summed E-state index contributed by atoms with van der Waals surface area (Å²) in [7, 11) is -2.68. The fourth-order valence-electron chi connectivity index (χ4n) is 2.64. The van der Waals surface area contributed by atoms with Crippen LogP contribution in [-0.2, 0) is 16.6 Å². The van der Waals surface area contributed by atoms with E-state index in [4.69, 9.17) is 16.3 Å². The Labute approximate surface area is 178 Å². The van der Waals surface area contributed by atoms with E-state index in [0.717, 1.165) is 0 Å². The number of carbonyl (C=O) groups is 1. The van der Waals surface area contributed by atoms with E-state index in [1.54, 1.807) is 30.3 Å². The third-order valence-corrected chi connectivity index (χ3v) is 5.89. The molecule has 0 spiro atoms. The van der Waals surface area contributed by atoms with Crippen LogP contribution < -0.4 is 14.8 Å². The molecule has 0 atom stereocenters. The summed E-state index contributed by atoms with van der Waals surface area (Å²) in [4.78, 5) is 12.3. The second kappa shape index (κ2) is 9.25. The molecule has 3 aromatic rings. The SMILES string of the molecule is COc1ccc(C(=O)Nc2ccccc2F)cc1S(=O)(=O)NCc1ccc(Cl)cc1. The molecule has 0 unspecified atom stereocenters. The van der Waals surface area contributed by atoms with E-state index >= 15 is 0 Å². The van der Waals surface area contributed by atoms with Crippen LogP contribution in [0.3, 0.4) is 0 Å². The molecule has 1 amide bonds. The molecule has 0 radical (unpaired) electrons. The lowest BCUT2D eigenvalue weighted by molar-refractivity contribution is 0.102. The third-order valence-electron chi connectivity index (χ3n) is 4.22. The maximum atomic E-state index is 13.8. The summed E-state index contributed by atoms with van der Waals surface area (Å²) in [5, 5.41) is 2.96. The van der Waals surface area contributed by atoms with Crippen LogP contribution in [0.15, 0.2) is 71.6 Å². The minimum Gasteiger partial charge on any atom is -0.495 e. The number of para-hydroxylation sites is 1. The first-order valence-corrected chi connectivity index (χ1v) is 10.6. The molecule has 2 N–H and O–H groups in total. The van der Waals surface area contributed by atoms with Crippen molar-refractivity contribution in [3.63, 3.8) is 0 Å². The lowest BCUT2D eigenvalue weighted by Crippen LogP contribution is -2.24. The number of sulfonamides is 1. The van der Waals surface area contributed by atoms with Crippen LogP contribution in [0.25, 0.3) is 0 Å². The molecule has 0 bridgehead atoms. The maximum Gasteiger partial charge on any atom is 0.255 e. The van der Waals surface area contributed by atoms with E-state index in [9.17, 15) is 17.6 Å². The summed E-state index contributed by atoms with van der Waals surface area (Å²) >= 11 is 5.84. The number of rotatable bonds is 7. The highest BCUT2D eigenvalue weighted by atomic mass is 35.5. The molecule has 3 aromatic carbocycles. The molecule has 0 aromatic heterocycles. The number of benzene rings is 3. The molecule has 0 aliphatic carbocycles. The number of anilines is 1. The molecule has 30 heavy (non-hydrogen) atoms. The first kappa shape index (κ1) is 21.8. The summed E-state index contributed by atoms with van der Waals surface area (Å²) in [5.74, 6) is -1.19. The second-order valence-electron chi connectivity index (χ2n) is 6.25. The summed E-state index contributed by atoms with van der Waals surface area (Å²) in [6.45, 7) is 0.0221. The number of hydrogen-bond donors (Lipinski definition) is 2. The molecule has 0 aliphatic rings. The van der Waals surface area contributed by atoms with Gasteiger partial charge in [0.05, 0.1) is 12.8 Å². The van der Waals surface area contributed by atoms with E-state index < -0.39 is 21.7 Å². The highest BCUT2D eigenvalue weighted by Crippen LogP contribution is 2.26. The standard InChI is InChI=1S/C21H18ClFN2O4S/c1-29-19-11-8-15(21(26)25-18-5-3-2-4-17(18)23)12-20(19)30(27,28)24-13-14-6-9-16(22)10-7-14/h2-12,24H,13H2,1H3,(H,25,26). The molecule has 0 heterocycles. The van der Waals surface area contributed by atoms with Gasteiger partial charge >= 0.3 is 0 Å². The van der Waals surface area contributed by atoms with Crippen molar-refractivity contribution >= 4 is 33.2 Å². The molecule has 0 saturated carbocycles. The summed E-state index contributed by atoms with van der Waals surface area (Å²) < 4.78 is 47.1. The Bertz CT molecular complexity index is 1170.